The summed E-state index contributed by atoms with van der Waals surface area (Å²) in [7, 11) is -3.99. The molecule has 0 aliphatic rings. The van der Waals surface area contributed by atoms with E-state index in [-0.39, 0.29) is 16.3 Å². The Bertz CT molecular complexity index is 787. The maximum absolute atomic E-state index is 12.1. The van der Waals surface area contributed by atoms with Crippen LogP contribution in [0.2, 0.25) is 0 Å². The Hall–Kier alpha value is -2.68. The molecule has 8 nitrogen and oxygen atoms in total. The van der Waals surface area contributed by atoms with E-state index in [2.05, 4.69) is 9.71 Å². The first-order chi connectivity index (χ1) is 9.81. The maximum atomic E-state index is 12.1. The Morgan fingerprint density at radius 3 is 2.57 bits per heavy atom. The average molecular weight is 309 g/mol. The van der Waals surface area contributed by atoms with Crippen molar-refractivity contribution >= 4 is 21.5 Å². The minimum atomic E-state index is -3.99. The van der Waals surface area contributed by atoms with Gasteiger partial charge < -0.3 is 15.2 Å². The van der Waals surface area contributed by atoms with Crippen LogP contribution < -0.4 is 4.72 Å². The number of aromatic hydroxyl groups is 1. The van der Waals surface area contributed by atoms with Gasteiger partial charge in [0.05, 0.1) is 5.69 Å². The van der Waals surface area contributed by atoms with Gasteiger partial charge in [-0.05, 0) is 34.5 Å². The quantitative estimate of drug-likeness (QED) is 0.504. The number of pyridine rings is 1. The van der Waals surface area contributed by atoms with Crippen molar-refractivity contribution in [3.8, 4) is 5.75 Å². The molecule has 0 aliphatic carbocycles. The smallest absolute Gasteiger partial charge is 0.363 e. The molecule has 2 rings (SSSR count). The van der Waals surface area contributed by atoms with Crippen LogP contribution in [0.3, 0.4) is 0 Å². The second-order valence-electron chi connectivity index (χ2n) is 4.19. The van der Waals surface area contributed by atoms with E-state index in [1.807, 2.05) is 0 Å². The van der Waals surface area contributed by atoms with E-state index in [9.17, 15) is 23.6 Å². The normalized spacial score (nSPS) is 11.1. The first-order valence-corrected chi connectivity index (χ1v) is 7.21. The van der Waals surface area contributed by atoms with Crippen molar-refractivity contribution in [2.24, 2.45) is 0 Å². The highest BCUT2D eigenvalue weighted by Gasteiger charge is 2.19. The zero-order chi connectivity index (χ0) is 15.6. The summed E-state index contributed by atoms with van der Waals surface area (Å²) in [5.74, 6) is -0.636. The van der Waals surface area contributed by atoms with Gasteiger partial charge in [0, 0.05) is 6.07 Å². The van der Waals surface area contributed by atoms with Gasteiger partial charge in [0.15, 0.2) is 6.20 Å². The average Bonchev–Trinajstić information content (AvgIpc) is 2.44. The number of nitrogens with zero attached hydrogens (tertiary/aromatic N) is 2. The van der Waals surface area contributed by atoms with Gasteiger partial charge in [-0.3, -0.25) is 4.72 Å². The van der Waals surface area contributed by atoms with E-state index in [1.54, 1.807) is 19.1 Å². The topological polar surface area (TPSA) is 122 Å². The van der Waals surface area contributed by atoms with Crippen molar-refractivity contribution in [2.75, 3.05) is 4.72 Å². The highest BCUT2D eigenvalue weighted by atomic mass is 32.2. The lowest BCUT2D eigenvalue weighted by molar-refractivity contribution is -0.389. The van der Waals surface area contributed by atoms with Gasteiger partial charge in [-0.25, -0.2) is 8.42 Å². The lowest BCUT2D eigenvalue weighted by atomic mass is 10.2. The van der Waals surface area contributed by atoms with Gasteiger partial charge in [-0.1, -0.05) is 12.1 Å². The first-order valence-electron chi connectivity index (χ1n) is 5.73. The summed E-state index contributed by atoms with van der Waals surface area (Å²) >= 11 is 0. The Labute approximate surface area is 120 Å². The van der Waals surface area contributed by atoms with Crippen molar-refractivity contribution < 1.29 is 18.4 Å². The minimum absolute atomic E-state index is 0.0216. The number of nitrogens with one attached hydrogen (secondary N) is 1. The van der Waals surface area contributed by atoms with Gasteiger partial charge in [0.1, 0.15) is 10.6 Å². The second kappa shape index (κ2) is 5.37. The lowest BCUT2D eigenvalue weighted by Gasteiger charge is -2.10. The molecule has 0 amide bonds. The summed E-state index contributed by atoms with van der Waals surface area (Å²) in [6.45, 7) is 1.63. The fourth-order valence-electron chi connectivity index (χ4n) is 1.58. The van der Waals surface area contributed by atoms with E-state index in [0.717, 1.165) is 18.3 Å². The number of phenols is 1. The number of aromatic nitrogens is 1. The third-order valence-corrected chi connectivity index (χ3v) is 4.05. The number of sulfonamides is 1. The molecule has 0 bridgehead atoms. The lowest BCUT2D eigenvalue weighted by Crippen LogP contribution is -2.13. The molecule has 0 radical (unpaired) electrons. The number of benzene rings is 1. The molecule has 0 aliphatic heterocycles. The largest absolute Gasteiger partial charge is 0.505 e. The summed E-state index contributed by atoms with van der Waals surface area (Å²) in [6, 6.07) is 6.67. The number of phenolic OH excluding ortho intramolecular Hbond substituents is 1. The second-order valence-corrected chi connectivity index (χ2v) is 5.87. The van der Waals surface area contributed by atoms with E-state index in [0.29, 0.717) is 5.56 Å². The third kappa shape index (κ3) is 3.08. The number of para-hydroxylation sites is 1. The summed E-state index contributed by atoms with van der Waals surface area (Å²) in [5.41, 5.74) is 0.533. The van der Waals surface area contributed by atoms with Crippen LogP contribution in [0.5, 0.6) is 5.75 Å². The zero-order valence-corrected chi connectivity index (χ0v) is 11.7. The molecule has 9 heteroatoms. The van der Waals surface area contributed by atoms with Crippen molar-refractivity contribution in [3.05, 3.63) is 52.2 Å². The summed E-state index contributed by atoms with van der Waals surface area (Å²) < 4.78 is 26.4. The van der Waals surface area contributed by atoms with E-state index in [1.165, 1.54) is 6.07 Å². The van der Waals surface area contributed by atoms with Gasteiger partial charge >= 0.3 is 5.82 Å². The minimum Gasteiger partial charge on any atom is -0.505 e. The van der Waals surface area contributed by atoms with Crippen LogP contribution >= 0.6 is 0 Å². The predicted octanol–water partition coefficient (Wildman–Crippen LogP) is 1.80. The Morgan fingerprint density at radius 1 is 1.29 bits per heavy atom. The molecule has 1 aromatic carbocycles. The number of hydrogen-bond donors (Lipinski definition) is 2. The Kier molecular flexibility index (Phi) is 3.76. The molecule has 0 saturated carbocycles. The van der Waals surface area contributed by atoms with Crippen LogP contribution in [0.4, 0.5) is 11.5 Å². The van der Waals surface area contributed by atoms with E-state index in [4.69, 9.17) is 0 Å². The van der Waals surface area contributed by atoms with Crippen LogP contribution in [0, 0.1) is 17.0 Å². The zero-order valence-electron chi connectivity index (χ0n) is 10.8. The van der Waals surface area contributed by atoms with Crippen LogP contribution in [0.15, 0.2) is 41.4 Å². The van der Waals surface area contributed by atoms with Crippen LogP contribution in [-0.2, 0) is 10.0 Å². The molecular weight excluding hydrogens is 298 g/mol. The van der Waals surface area contributed by atoms with E-state index < -0.39 is 20.8 Å². The van der Waals surface area contributed by atoms with Crippen LogP contribution in [0.1, 0.15) is 5.56 Å². The number of rotatable bonds is 4. The molecule has 0 saturated heterocycles. The number of hydrogen-bond acceptors (Lipinski definition) is 6. The molecule has 0 atom stereocenters. The number of aryl methyl sites for hydroxylation is 1. The fraction of sp³-hybridized carbons (Fsp3) is 0.0833. The molecule has 0 spiro atoms. The summed E-state index contributed by atoms with van der Waals surface area (Å²) in [5, 5.41) is 20.3. The van der Waals surface area contributed by atoms with E-state index >= 15 is 0 Å². The Balaban J connectivity index is 2.34. The SMILES string of the molecule is Cc1cccc(NS(=O)(=O)c2ccc([N+](=O)[O-])nc2)c1O. The molecule has 21 heavy (non-hydrogen) atoms. The monoisotopic (exact) mass is 309 g/mol. The summed E-state index contributed by atoms with van der Waals surface area (Å²) in [6.07, 6.45) is 0.882. The molecule has 2 N–H and O–H groups in total. The number of anilines is 1. The van der Waals surface area contributed by atoms with Crippen molar-refractivity contribution in [1.82, 2.24) is 4.98 Å². The standard InChI is InChI=1S/C12H11N3O5S/c1-8-3-2-4-10(12(8)16)14-21(19,20)9-5-6-11(13-7-9)15(17)18/h2-7,14,16H,1H3. The molecular formula is C12H11N3O5S. The maximum Gasteiger partial charge on any atom is 0.363 e. The predicted molar refractivity (Wildman–Crippen MR) is 74.5 cm³/mol. The fourth-order valence-corrected chi connectivity index (χ4v) is 2.60. The van der Waals surface area contributed by atoms with Crippen LogP contribution in [-0.4, -0.2) is 23.4 Å². The van der Waals surface area contributed by atoms with Crippen molar-refractivity contribution in [1.29, 1.82) is 0 Å². The highest BCUT2D eigenvalue weighted by Crippen LogP contribution is 2.28. The number of nitro groups is 1. The van der Waals surface area contributed by atoms with Crippen LogP contribution in [0.25, 0.3) is 0 Å². The Morgan fingerprint density at radius 2 is 2.00 bits per heavy atom. The molecule has 1 aromatic heterocycles. The molecule has 2 aromatic rings. The van der Waals surface area contributed by atoms with Gasteiger partial charge in [0.2, 0.25) is 0 Å². The molecule has 1 heterocycles. The third-order valence-electron chi connectivity index (χ3n) is 2.70. The molecule has 0 fully saturated rings. The molecule has 110 valence electrons. The first kappa shape index (κ1) is 14.7. The van der Waals surface area contributed by atoms with Gasteiger partial charge in [0.25, 0.3) is 10.0 Å². The van der Waals surface area contributed by atoms with Gasteiger partial charge in [-0.15, -0.1) is 0 Å². The van der Waals surface area contributed by atoms with Gasteiger partial charge in [-0.2, -0.15) is 0 Å². The van der Waals surface area contributed by atoms with Crippen molar-refractivity contribution in [3.63, 3.8) is 0 Å². The summed E-state index contributed by atoms with van der Waals surface area (Å²) in [4.78, 5) is 13.0. The van der Waals surface area contributed by atoms with Crippen molar-refractivity contribution in [2.45, 2.75) is 11.8 Å². The molecule has 0 unspecified atom stereocenters. The highest BCUT2D eigenvalue weighted by molar-refractivity contribution is 7.92.